The van der Waals surface area contributed by atoms with Gasteiger partial charge in [-0.2, -0.15) is 0 Å². The minimum atomic E-state index is -0.674. The van der Waals surface area contributed by atoms with Crippen molar-refractivity contribution in [1.82, 2.24) is 4.57 Å². The van der Waals surface area contributed by atoms with Crippen LogP contribution in [-0.4, -0.2) is 29.9 Å². The van der Waals surface area contributed by atoms with E-state index in [4.69, 9.17) is 14.2 Å². The van der Waals surface area contributed by atoms with E-state index in [-0.39, 0.29) is 11.7 Å². The molecule has 0 bridgehead atoms. The Morgan fingerprint density at radius 1 is 1.14 bits per heavy atom. The second-order valence-corrected chi connectivity index (χ2v) is 10.5. The normalized spacial score (nSPS) is 15.4. The van der Waals surface area contributed by atoms with Crippen molar-refractivity contribution in [3.05, 3.63) is 89.0 Å². The van der Waals surface area contributed by atoms with Gasteiger partial charge in [-0.25, -0.2) is 9.79 Å². The van der Waals surface area contributed by atoms with Gasteiger partial charge in [0.1, 0.15) is 11.5 Å². The van der Waals surface area contributed by atoms with E-state index in [2.05, 4.69) is 20.9 Å². The number of hydrogen-bond acceptors (Lipinski definition) is 7. The number of aromatic nitrogens is 1. The summed E-state index contributed by atoms with van der Waals surface area (Å²) >= 11 is 4.82. The fourth-order valence-electron chi connectivity index (χ4n) is 4.12. The number of hydrogen-bond donors (Lipinski definition) is 0. The highest BCUT2D eigenvalue weighted by Gasteiger charge is 2.33. The lowest BCUT2D eigenvalue weighted by Crippen LogP contribution is -2.40. The zero-order valence-electron chi connectivity index (χ0n) is 21.4. The highest BCUT2D eigenvalue weighted by atomic mass is 79.9. The summed E-state index contributed by atoms with van der Waals surface area (Å²) < 4.78 is 19.6. The van der Waals surface area contributed by atoms with Crippen LogP contribution >= 0.6 is 27.3 Å². The Balaban J connectivity index is 1.87. The molecule has 4 rings (SSSR count). The van der Waals surface area contributed by atoms with E-state index in [1.54, 1.807) is 25.3 Å². The first kappa shape index (κ1) is 26.9. The molecular formula is C28H29BrN2O5S. The first-order chi connectivity index (χ1) is 17.7. The SMILES string of the molecule is CCOc1ccc([C@@H]2C(C(=O)OC(C)C)=C(C)N=c3s/c(=C/c4ccc(OCC)c(Br)c4)c(=O)n32)cc1. The molecule has 9 heteroatoms. The third kappa shape index (κ3) is 5.72. The van der Waals surface area contributed by atoms with E-state index >= 15 is 0 Å². The van der Waals surface area contributed by atoms with E-state index < -0.39 is 12.0 Å². The molecule has 0 aliphatic carbocycles. The Labute approximate surface area is 227 Å². The van der Waals surface area contributed by atoms with E-state index in [1.807, 2.05) is 62.4 Å². The van der Waals surface area contributed by atoms with Crippen LogP contribution in [0.4, 0.5) is 0 Å². The van der Waals surface area contributed by atoms with Crippen molar-refractivity contribution in [2.75, 3.05) is 13.2 Å². The number of esters is 1. The second-order valence-electron chi connectivity index (χ2n) is 8.66. The lowest BCUT2D eigenvalue weighted by atomic mass is 9.96. The minimum Gasteiger partial charge on any atom is -0.494 e. The number of nitrogens with zero attached hydrogens (tertiary/aromatic N) is 2. The van der Waals surface area contributed by atoms with Gasteiger partial charge in [-0.15, -0.1) is 0 Å². The summed E-state index contributed by atoms with van der Waals surface area (Å²) in [7, 11) is 0. The standard InChI is InChI=1S/C28H29BrN2O5S/c1-6-34-20-11-9-19(10-12-20)25-24(27(33)36-16(3)4)17(5)30-28-31(25)26(32)23(37-28)15-18-8-13-22(35-7-2)21(29)14-18/h8-16,25H,6-7H2,1-5H3/b23-15+/t25-/m1/s1. The molecule has 1 aliphatic rings. The maximum Gasteiger partial charge on any atom is 0.338 e. The molecule has 0 radical (unpaired) electrons. The fraction of sp³-hybridized carbons (Fsp3) is 0.321. The molecule has 3 aromatic rings. The number of carbonyl (C=O) groups is 1. The largest absolute Gasteiger partial charge is 0.494 e. The minimum absolute atomic E-state index is 0.227. The smallest absolute Gasteiger partial charge is 0.338 e. The summed E-state index contributed by atoms with van der Waals surface area (Å²) in [6.07, 6.45) is 1.52. The van der Waals surface area contributed by atoms with Crippen molar-refractivity contribution in [3.8, 4) is 11.5 Å². The average Bonchev–Trinajstić information content (AvgIpc) is 3.14. The Morgan fingerprint density at radius 2 is 1.84 bits per heavy atom. The second kappa shape index (κ2) is 11.5. The Hall–Kier alpha value is -3.17. The molecular weight excluding hydrogens is 556 g/mol. The summed E-state index contributed by atoms with van der Waals surface area (Å²) in [4.78, 5) is 32.2. The summed E-state index contributed by atoms with van der Waals surface area (Å²) in [5.74, 6) is 0.965. The maximum atomic E-state index is 13.8. The van der Waals surface area contributed by atoms with Crippen molar-refractivity contribution < 1.29 is 19.0 Å². The van der Waals surface area contributed by atoms with Gasteiger partial charge in [0.25, 0.3) is 5.56 Å². The molecule has 7 nitrogen and oxygen atoms in total. The lowest BCUT2D eigenvalue weighted by molar-refractivity contribution is -0.143. The van der Waals surface area contributed by atoms with Crippen LogP contribution in [0.5, 0.6) is 11.5 Å². The van der Waals surface area contributed by atoms with Crippen LogP contribution in [0.25, 0.3) is 6.08 Å². The topological polar surface area (TPSA) is 79.1 Å². The van der Waals surface area contributed by atoms with Crippen molar-refractivity contribution in [2.24, 2.45) is 4.99 Å². The molecule has 1 atom stereocenters. The van der Waals surface area contributed by atoms with Crippen molar-refractivity contribution >= 4 is 39.3 Å². The van der Waals surface area contributed by atoms with E-state index in [0.717, 1.165) is 21.3 Å². The zero-order chi connectivity index (χ0) is 26.7. The number of allylic oxidation sites excluding steroid dienone is 1. The van der Waals surface area contributed by atoms with Crippen LogP contribution in [0.1, 0.15) is 51.8 Å². The van der Waals surface area contributed by atoms with Crippen LogP contribution in [0.3, 0.4) is 0 Å². The van der Waals surface area contributed by atoms with Crippen LogP contribution in [0.15, 0.2) is 68.0 Å². The molecule has 0 spiro atoms. The molecule has 0 saturated carbocycles. The molecule has 0 unspecified atom stereocenters. The molecule has 0 fully saturated rings. The molecule has 1 aromatic heterocycles. The van der Waals surface area contributed by atoms with Gasteiger partial charge in [0, 0.05) is 0 Å². The lowest BCUT2D eigenvalue weighted by Gasteiger charge is -2.25. The first-order valence-electron chi connectivity index (χ1n) is 12.1. The van der Waals surface area contributed by atoms with Gasteiger partial charge in [-0.1, -0.05) is 29.5 Å². The number of ether oxygens (including phenoxy) is 3. The molecule has 0 amide bonds. The van der Waals surface area contributed by atoms with Crippen LogP contribution in [-0.2, 0) is 9.53 Å². The number of thiazole rings is 1. The summed E-state index contributed by atoms with van der Waals surface area (Å²) in [5, 5.41) is 0. The highest BCUT2D eigenvalue weighted by molar-refractivity contribution is 9.10. The molecule has 2 heterocycles. The molecule has 2 aromatic carbocycles. The fourth-order valence-corrected chi connectivity index (χ4v) is 5.68. The van der Waals surface area contributed by atoms with Gasteiger partial charge in [0.15, 0.2) is 4.80 Å². The first-order valence-corrected chi connectivity index (χ1v) is 13.7. The quantitative estimate of drug-likeness (QED) is 0.357. The molecule has 194 valence electrons. The van der Waals surface area contributed by atoms with Gasteiger partial charge in [0.05, 0.1) is 45.6 Å². The van der Waals surface area contributed by atoms with Crippen LogP contribution < -0.4 is 24.4 Å². The monoisotopic (exact) mass is 584 g/mol. The third-order valence-corrected chi connectivity index (χ3v) is 7.25. The number of fused-ring (bicyclic) bond motifs is 1. The Morgan fingerprint density at radius 3 is 2.46 bits per heavy atom. The van der Waals surface area contributed by atoms with Gasteiger partial charge in [-0.3, -0.25) is 9.36 Å². The third-order valence-electron chi connectivity index (χ3n) is 5.64. The summed E-state index contributed by atoms with van der Waals surface area (Å²) in [5.41, 5.74) is 2.26. The highest BCUT2D eigenvalue weighted by Crippen LogP contribution is 2.32. The van der Waals surface area contributed by atoms with Crippen LogP contribution in [0.2, 0.25) is 0 Å². The predicted molar refractivity (Wildman–Crippen MR) is 148 cm³/mol. The molecule has 1 aliphatic heterocycles. The van der Waals surface area contributed by atoms with Gasteiger partial charge >= 0.3 is 5.97 Å². The number of halogens is 1. The maximum absolute atomic E-state index is 13.8. The van der Waals surface area contributed by atoms with E-state index in [1.165, 1.54) is 11.3 Å². The number of benzene rings is 2. The zero-order valence-corrected chi connectivity index (χ0v) is 23.8. The van der Waals surface area contributed by atoms with Gasteiger partial charge < -0.3 is 14.2 Å². The Bertz CT molecular complexity index is 1520. The molecule has 37 heavy (non-hydrogen) atoms. The summed E-state index contributed by atoms with van der Waals surface area (Å²) in [6.45, 7) is 10.3. The summed E-state index contributed by atoms with van der Waals surface area (Å²) in [6, 6.07) is 12.4. The van der Waals surface area contributed by atoms with E-state index in [9.17, 15) is 9.59 Å². The predicted octanol–water partition coefficient (Wildman–Crippen LogP) is 4.75. The molecule has 0 saturated heterocycles. The van der Waals surface area contributed by atoms with Crippen molar-refractivity contribution in [1.29, 1.82) is 0 Å². The van der Waals surface area contributed by atoms with Gasteiger partial charge in [-0.05, 0) is 92.0 Å². The van der Waals surface area contributed by atoms with Crippen molar-refractivity contribution in [2.45, 2.75) is 46.8 Å². The average molecular weight is 586 g/mol. The molecule has 0 N–H and O–H groups in total. The Kier molecular flexibility index (Phi) is 8.34. The van der Waals surface area contributed by atoms with Gasteiger partial charge in [0.2, 0.25) is 0 Å². The van der Waals surface area contributed by atoms with Crippen LogP contribution in [0, 0.1) is 0 Å². The van der Waals surface area contributed by atoms with Crippen molar-refractivity contribution in [3.63, 3.8) is 0 Å². The number of carbonyl (C=O) groups excluding carboxylic acids is 1. The van der Waals surface area contributed by atoms with E-state index in [0.29, 0.717) is 39.6 Å². The number of rotatable bonds is 8.